The standard InChI is InChI=1S/C14H16F2O3/c1-10(2)19-13(17)14(15,16)9-8-11-4-6-12(18-3)7-5-11/h4-10H,1-3H3/b9-8+. The third kappa shape index (κ3) is 4.69. The summed E-state index contributed by atoms with van der Waals surface area (Å²) in [6.07, 6.45) is 1.12. The number of methoxy groups -OCH3 is 1. The van der Waals surface area contributed by atoms with Gasteiger partial charge in [0.15, 0.2) is 0 Å². The summed E-state index contributed by atoms with van der Waals surface area (Å²) in [5, 5.41) is 0. The molecule has 3 nitrogen and oxygen atoms in total. The van der Waals surface area contributed by atoms with Crippen molar-refractivity contribution in [1.82, 2.24) is 0 Å². The zero-order valence-corrected chi connectivity index (χ0v) is 11.0. The Kier molecular flexibility index (Phi) is 5.03. The second-order valence-corrected chi connectivity index (χ2v) is 4.18. The van der Waals surface area contributed by atoms with E-state index in [1.165, 1.54) is 27.0 Å². The molecule has 0 unspecified atom stereocenters. The third-order valence-corrected chi connectivity index (χ3v) is 2.22. The Morgan fingerprint density at radius 3 is 2.32 bits per heavy atom. The minimum Gasteiger partial charge on any atom is -0.497 e. The summed E-state index contributed by atoms with van der Waals surface area (Å²) in [5.74, 6) is -4.56. The molecule has 0 fully saturated rings. The maximum atomic E-state index is 13.4. The topological polar surface area (TPSA) is 35.5 Å². The predicted octanol–water partition coefficient (Wildman–Crippen LogP) is 3.30. The smallest absolute Gasteiger partial charge is 0.381 e. The second-order valence-electron chi connectivity index (χ2n) is 4.18. The van der Waals surface area contributed by atoms with Crippen molar-refractivity contribution in [3.8, 4) is 5.75 Å². The van der Waals surface area contributed by atoms with E-state index < -0.39 is 18.0 Å². The number of hydrogen-bond donors (Lipinski definition) is 0. The first-order valence-corrected chi connectivity index (χ1v) is 5.77. The lowest BCUT2D eigenvalue weighted by molar-refractivity contribution is -0.169. The van der Waals surface area contributed by atoms with E-state index in [4.69, 9.17) is 4.74 Å². The fourth-order valence-corrected chi connectivity index (χ4v) is 1.28. The van der Waals surface area contributed by atoms with Crippen LogP contribution in [0.1, 0.15) is 19.4 Å². The normalized spacial score (nSPS) is 11.9. The molecule has 0 bridgehead atoms. The lowest BCUT2D eigenvalue weighted by atomic mass is 10.2. The van der Waals surface area contributed by atoms with E-state index in [0.717, 1.165) is 0 Å². The highest BCUT2D eigenvalue weighted by Crippen LogP contribution is 2.21. The fourth-order valence-electron chi connectivity index (χ4n) is 1.28. The molecule has 0 heterocycles. The molecule has 5 heteroatoms. The van der Waals surface area contributed by atoms with Crippen LogP contribution in [-0.4, -0.2) is 25.1 Å². The Morgan fingerprint density at radius 2 is 1.84 bits per heavy atom. The number of esters is 1. The van der Waals surface area contributed by atoms with Crippen molar-refractivity contribution in [2.24, 2.45) is 0 Å². The van der Waals surface area contributed by atoms with Gasteiger partial charge in [0.2, 0.25) is 0 Å². The van der Waals surface area contributed by atoms with E-state index in [2.05, 4.69) is 4.74 Å². The molecule has 0 aliphatic carbocycles. The van der Waals surface area contributed by atoms with Crippen LogP contribution in [0.2, 0.25) is 0 Å². The van der Waals surface area contributed by atoms with Gasteiger partial charge in [-0.3, -0.25) is 0 Å². The third-order valence-electron chi connectivity index (χ3n) is 2.22. The van der Waals surface area contributed by atoms with E-state index >= 15 is 0 Å². The van der Waals surface area contributed by atoms with Crippen LogP contribution in [0.15, 0.2) is 30.3 Å². The summed E-state index contributed by atoms with van der Waals surface area (Å²) in [5.41, 5.74) is 0.540. The molecule has 104 valence electrons. The van der Waals surface area contributed by atoms with Gasteiger partial charge in [-0.05, 0) is 37.6 Å². The van der Waals surface area contributed by atoms with E-state index in [1.807, 2.05) is 0 Å². The van der Waals surface area contributed by atoms with Gasteiger partial charge < -0.3 is 9.47 Å². The number of carbonyl (C=O) groups is 1. The average molecular weight is 270 g/mol. The molecule has 0 saturated carbocycles. The van der Waals surface area contributed by atoms with Crippen LogP contribution in [0.4, 0.5) is 8.78 Å². The summed E-state index contributed by atoms with van der Waals surface area (Å²) in [6, 6.07) is 6.51. The lowest BCUT2D eigenvalue weighted by Crippen LogP contribution is -2.30. The van der Waals surface area contributed by atoms with Crippen molar-refractivity contribution in [2.45, 2.75) is 25.9 Å². The SMILES string of the molecule is COc1ccc(/C=C/C(F)(F)C(=O)OC(C)C)cc1. The minimum absolute atomic E-state index is 0.527. The first-order chi connectivity index (χ1) is 8.85. The first-order valence-electron chi connectivity index (χ1n) is 5.77. The fraction of sp³-hybridized carbons (Fsp3) is 0.357. The zero-order chi connectivity index (χ0) is 14.5. The molecule has 0 saturated heterocycles. The molecule has 0 atom stereocenters. The molecule has 19 heavy (non-hydrogen) atoms. The molecule has 1 aromatic rings. The first kappa shape index (κ1) is 15.1. The Hall–Kier alpha value is -1.91. The number of ether oxygens (including phenoxy) is 2. The maximum Gasteiger partial charge on any atom is 0.381 e. The molecule has 0 N–H and O–H groups in total. The molecule has 0 radical (unpaired) electrons. The Morgan fingerprint density at radius 1 is 1.26 bits per heavy atom. The highest BCUT2D eigenvalue weighted by Gasteiger charge is 2.38. The highest BCUT2D eigenvalue weighted by atomic mass is 19.3. The summed E-state index contributed by atoms with van der Waals surface area (Å²) in [6.45, 7) is 3.03. The van der Waals surface area contributed by atoms with Crippen molar-refractivity contribution >= 4 is 12.0 Å². The van der Waals surface area contributed by atoms with Crippen LogP contribution < -0.4 is 4.74 Å². The summed E-state index contributed by atoms with van der Waals surface area (Å²) < 4.78 is 36.3. The predicted molar refractivity (Wildman–Crippen MR) is 68.2 cm³/mol. The average Bonchev–Trinajstić information content (AvgIpc) is 2.36. The van der Waals surface area contributed by atoms with E-state index in [9.17, 15) is 13.6 Å². The Balaban J connectivity index is 2.75. The maximum absolute atomic E-state index is 13.4. The number of carbonyl (C=O) groups excluding carboxylic acids is 1. The number of halogens is 2. The van der Waals surface area contributed by atoms with Crippen LogP contribution in [0.3, 0.4) is 0 Å². The molecule has 0 aliphatic heterocycles. The summed E-state index contributed by atoms with van der Waals surface area (Å²) in [4.78, 5) is 11.2. The van der Waals surface area contributed by atoms with Crippen LogP contribution >= 0.6 is 0 Å². The highest BCUT2D eigenvalue weighted by molar-refractivity contribution is 5.81. The van der Waals surface area contributed by atoms with Gasteiger partial charge in [0.05, 0.1) is 13.2 Å². The molecule has 0 aliphatic rings. The number of benzene rings is 1. The van der Waals surface area contributed by atoms with Crippen molar-refractivity contribution in [3.05, 3.63) is 35.9 Å². The molecule has 0 amide bonds. The number of alkyl halides is 2. The van der Waals surface area contributed by atoms with Crippen molar-refractivity contribution in [1.29, 1.82) is 0 Å². The van der Waals surface area contributed by atoms with Gasteiger partial charge >= 0.3 is 11.9 Å². The number of rotatable bonds is 5. The Bertz CT molecular complexity index is 450. The molecule has 1 rings (SSSR count). The van der Waals surface area contributed by atoms with Crippen LogP contribution in [0.25, 0.3) is 6.08 Å². The largest absolute Gasteiger partial charge is 0.497 e. The van der Waals surface area contributed by atoms with Gasteiger partial charge in [-0.2, -0.15) is 8.78 Å². The van der Waals surface area contributed by atoms with Gasteiger partial charge in [-0.25, -0.2) is 4.79 Å². The summed E-state index contributed by atoms with van der Waals surface area (Å²) >= 11 is 0. The molecule has 1 aromatic carbocycles. The molecule has 0 spiro atoms. The van der Waals surface area contributed by atoms with Crippen molar-refractivity contribution in [3.63, 3.8) is 0 Å². The van der Waals surface area contributed by atoms with Gasteiger partial charge in [0, 0.05) is 0 Å². The van der Waals surface area contributed by atoms with Crippen molar-refractivity contribution < 1.29 is 23.0 Å². The lowest BCUT2D eigenvalue weighted by Gasteiger charge is -2.13. The van der Waals surface area contributed by atoms with Crippen molar-refractivity contribution in [2.75, 3.05) is 7.11 Å². The van der Waals surface area contributed by atoms with Crippen LogP contribution in [-0.2, 0) is 9.53 Å². The van der Waals surface area contributed by atoms with Crippen LogP contribution in [0, 0.1) is 0 Å². The Labute approximate surface area is 110 Å². The van der Waals surface area contributed by atoms with Crippen LogP contribution in [0.5, 0.6) is 5.75 Å². The zero-order valence-electron chi connectivity index (χ0n) is 11.0. The monoisotopic (exact) mass is 270 g/mol. The van der Waals surface area contributed by atoms with Gasteiger partial charge in [-0.1, -0.05) is 18.2 Å². The van der Waals surface area contributed by atoms with E-state index in [1.54, 1.807) is 24.3 Å². The quantitative estimate of drug-likeness (QED) is 0.770. The second kappa shape index (κ2) is 6.31. The van der Waals surface area contributed by atoms with Gasteiger partial charge in [0.25, 0.3) is 0 Å². The van der Waals surface area contributed by atoms with E-state index in [-0.39, 0.29) is 0 Å². The molecular formula is C14H16F2O3. The number of hydrogen-bond acceptors (Lipinski definition) is 3. The van der Waals surface area contributed by atoms with E-state index in [0.29, 0.717) is 17.4 Å². The molecule has 0 aromatic heterocycles. The minimum atomic E-state index is -3.63. The summed E-state index contributed by atoms with van der Waals surface area (Å²) in [7, 11) is 1.51. The van der Waals surface area contributed by atoms with Gasteiger partial charge in [0.1, 0.15) is 5.75 Å². The molecular weight excluding hydrogens is 254 g/mol. The van der Waals surface area contributed by atoms with Gasteiger partial charge in [-0.15, -0.1) is 0 Å².